The molecule has 2 aliphatic rings. The van der Waals surface area contributed by atoms with Crippen LogP contribution in [0.2, 0.25) is 0 Å². The van der Waals surface area contributed by atoms with E-state index in [1.54, 1.807) is 23.3 Å². The lowest BCUT2D eigenvalue weighted by Crippen LogP contribution is -2.49. The van der Waals surface area contributed by atoms with Gasteiger partial charge in [-0.05, 0) is 36.3 Å². The molecule has 1 aromatic heterocycles. The van der Waals surface area contributed by atoms with Crippen molar-refractivity contribution in [1.82, 2.24) is 9.80 Å². The van der Waals surface area contributed by atoms with Gasteiger partial charge in [-0.1, -0.05) is 0 Å². The van der Waals surface area contributed by atoms with Gasteiger partial charge in [0, 0.05) is 24.5 Å². The molecule has 2 amide bonds. The Morgan fingerprint density at radius 1 is 1.47 bits per heavy atom. The van der Waals surface area contributed by atoms with Crippen LogP contribution in [0.15, 0.2) is 11.4 Å². The SMILES string of the molecule is CN(C(=O)N1CCc2sccc2C1C(=O)O)C1CC1. The Balaban J connectivity index is 1.88. The lowest BCUT2D eigenvalue weighted by molar-refractivity contribution is -0.143. The van der Waals surface area contributed by atoms with Gasteiger partial charge in [-0.2, -0.15) is 0 Å². The number of amides is 2. The van der Waals surface area contributed by atoms with Gasteiger partial charge in [0.05, 0.1) is 0 Å². The van der Waals surface area contributed by atoms with Gasteiger partial charge < -0.3 is 14.9 Å². The van der Waals surface area contributed by atoms with Gasteiger partial charge in [-0.25, -0.2) is 9.59 Å². The number of carboxylic acids is 1. The molecule has 0 aromatic carbocycles. The summed E-state index contributed by atoms with van der Waals surface area (Å²) in [6, 6.07) is 1.14. The maximum atomic E-state index is 12.4. The zero-order valence-electron chi connectivity index (χ0n) is 10.7. The second-order valence-electron chi connectivity index (χ2n) is 5.11. The first kappa shape index (κ1) is 12.5. The van der Waals surface area contributed by atoms with Crippen molar-refractivity contribution in [3.8, 4) is 0 Å². The highest BCUT2D eigenvalue weighted by Crippen LogP contribution is 2.35. The van der Waals surface area contributed by atoms with Crippen LogP contribution >= 0.6 is 11.3 Å². The van der Waals surface area contributed by atoms with Gasteiger partial charge in [0.25, 0.3) is 0 Å². The summed E-state index contributed by atoms with van der Waals surface area (Å²) in [6.07, 6.45) is 2.80. The van der Waals surface area contributed by atoms with Gasteiger partial charge in [0.2, 0.25) is 0 Å². The van der Waals surface area contributed by atoms with Crippen molar-refractivity contribution in [3.05, 3.63) is 21.9 Å². The number of hydrogen-bond donors (Lipinski definition) is 1. The summed E-state index contributed by atoms with van der Waals surface area (Å²) in [5.41, 5.74) is 0.779. The van der Waals surface area contributed by atoms with Gasteiger partial charge in [0.1, 0.15) is 0 Å². The molecule has 5 nitrogen and oxygen atoms in total. The van der Waals surface area contributed by atoms with E-state index in [1.165, 1.54) is 4.90 Å². The van der Waals surface area contributed by atoms with Crippen molar-refractivity contribution in [1.29, 1.82) is 0 Å². The first-order chi connectivity index (χ1) is 9.09. The third-order valence-corrected chi connectivity index (χ3v) is 4.84. The molecule has 0 spiro atoms. The van der Waals surface area contributed by atoms with Crippen LogP contribution < -0.4 is 0 Å². The molecule has 3 rings (SSSR count). The first-order valence-corrected chi connectivity index (χ1v) is 7.30. The van der Waals surface area contributed by atoms with Crippen molar-refractivity contribution < 1.29 is 14.7 Å². The van der Waals surface area contributed by atoms with E-state index in [2.05, 4.69) is 0 Å². The number of thiophene rings is 1. The van der Waals surface area contributed by atoms with E-state index in [0.717, 1.165) is 29.7 Å². The molecule has 1 aromatic rings. The molecule has 0 bridgehead atoms. The molecule has 0 radical (unpaired) electrons. The number of fused-ring (bicyclic) bond motifs is 1. The van der Waals surface area contributed by atoms with Crippen LogP contribution in [-0.2, 0) is 11.2 Å². The first-order valence-electron chi connectivity index (χ1n) is 6.42. The Morgan fingerprint density at radius 3 is 2.84 bits per heavy atom. The Labute approximate surface area is 115 Å². The molecule has 1 fully saturated rings. The molecule has 2 heterocycles. The van der Waals surface area contributed by atoms with E-state index in [-0.39, 0.29) is 6.03 Å². The second-order valence-corrected chi connectivity index (χ2v) is 6.11. The third-order valence-electron chi connectivity index (χ3n) is 3.84. The number of rotatable bonds is 2. The van der Waals surface area contributed by atoms with Crippen LogP contribution in [0, 0.1) is 0 Å². The summed E-state index contributed by atoms with van der Waals surface area (Å²) < 4.78 is 0. The highest BCUT2D eigenvalue weighted by Gasteiger charge is 2.40. The maximum Gasteiger partial charge on any atom is 0.331 e. The lowest BCUT2D eigenvalue weighted by atomic mass is 10.0. The van der Waals surface area contributed by atoms with E-state index in [4.69, 9.17) is 0 Å². The monoisotopic (exact) mass is 280 g/mol. The summed E-state index contributed by atoms with van der Waals surface area (Å²) in [5, 5.41) is 11.4. The van der Waals surface area contributed by atoms with Crippen molar-refractivity contribution >= 4 is 23.3 Å². The van der Waals surface area contributed by atoms with Gasteiger partial charge in [0.15, 0.2) is 6.04 Å². The standard InChI is InChI=1S/C13H16N2O3S/c1-14(8-2-3-8)13(18)15-6-4-10-9(5-7-19-10)11(15)12(16)17/h5,7-8,11H,2-4,6H2,1H3,(H,16,17). The summed E-state index contributed by atoms with van der Waals surface area (Å²) in [4.78, 5) is 28.2. The number of carbonyl (C=O) groups is 2. The quantitative estimate of drug-likeness (QED) is 0.900. The number of hydrogen-bond acceptors (Lipinski definition) is 3. The van der Waals surface area contributed by atoms with Crippen molar-refractivity contribution in [2.24, 2.45) is 0 Å². The molecule has 1 unspecified atom stereocenters. The minimum Gasteiger partial charge on any atom is -0.479 e. The summed E-state index contributed by atoms with van der Waals surface area (Å²) >= 11 is 1.57. The van der Waals surface area contributed by atoms with Crippen molar-refractivity contribution in [3.63, 3.8) is 0 Å². The molecule has 102 valence electrons. The number of urea groups is 1. The smallest absolute Gasteiger partial charge is 0.331 e. The highest BCUT2D eigenvalue weighted by molar-refractivity contribution is 7.10. The predicted octanol–water partition coefficient (Wildman–Crippen LogP) is 1.95. The fourth-order valence-electron chi connectivity index (χ4n) is 2.61. The maximum absolute atomic E-state index is 12.4. The Hall–Kier alpha value is -1.56. The van der Waals surface area contributed by atoms with E-state index >= 15 is 0 Å². The van der Waals surface area contributed by atoms with Crippen LogP contribution in [0.1, 0.15) is 29.3 Å². The van der Waals surface area contributed by atoms with Gasteiger partial charge >= 0.3 is 12.0 Å². The Bertz CT molecular complexity index is 524. The van der Waals surface area contributed by atoms with Crippen LogP contribution in [0.25, 0.3) is 0 Å². The third kappa shape index (κ3) is 2.10. The molecule has 1 saturated carbocycles. The number of carboxylic acid groups (broad SMARTS) is 1. The largest absolute Gasteiger partial charge is 0.479 e. The van der Waals surface area contributed by atoms with E-state index < -0.39 is 12.0 Å². The van der Waals surface area contributed by atoms with Crippen molar-refractivity contribution in [2.45, 2.75) is 31.3 Å². The summed E-state index contributed by atoms with van der Waals surface area (Å²) in [7, 11) is 1.77. The summed E-state index contributed by atoms with van der Waals surface area (Å²) in [6.45, 7) is 0.486. The number of carbonyl (C=O) groups excluding carboxylic acids is 1. The molecule has 6 heteroatoms. The molecule has 1 aliphatic carbocycles. The van der Waals surface area contributed by atoms with E-state index in [9.17, 15) is 14.7 Å². The van der Waals surface area contributed by atoms with Gasteiger partial charge in [-0.15, -0.1) is 11.3 Å². The lowest BCUT2D eigenvalue weighted by Gasteiger charge is -2.35. The Morgan fingerprint density at radius 2 is 2.21 bits per heavy atom. The molecule has 19 heavy (non-hydrogen) atoms. The zero-order chi connectivity index (χ0) is 13.6. The predicted molar refractivity (Wildman–Crippen MR) is 71.3 cm³/mol. The summed E-state index contributed by atoms with van der Waals surface area (Å²) in [5.74, 6) is -0.947. The fraction of sp³-hybridized carbons (Fsp3) is 0.538. The zero-order valence-corrected chi connectivity index (χ0v) is 11.5. The van der Waals surface area contributed by atoms with Crippen LogP contribution in [0.3, 0.4) is 0 Å². The highest BCUT2D eigenvalue weighted by atomic mass is 32.1. The van der Waals surface area contributed by atoms with E-state index in [1.807, 2.05) is 11.4 Å². The minimum absolute atomic E-state index is 0.160. The van der Waals surface area contributed by atoms with E-state index in [0.29, 0.717) is 12.6 Å². The number of nitrogens with zero attached hydrogens (tertiary/aromatic N) is 2. The number of aliphatic carboxylic acids is 1. The minimum atomic E-state index is -0.947. The molecule has 1 atom stereocenters. The molecule has 0 saturated heterocycles. The Kier molecular flexibility index (Phi) is 2.97. The van der Waals surface area contributed by atoms with Crippen LogP contribution in [0.4, 0.5) is 4.79 Å². The topological polar surface area (TPSA) is 60.9 Å². The van der Waals surface area contributed by atoms with Crippen LogP contribution in [0.5, 0.6) is 0 Å². The molecular weight excluding hydrogens is 264 g/mol. The molecule has 1 N–H and O–H groups in total. The van der Waals surface area contributed by atoms with Gasteiger partial charge in [-0.3, -0.25) is 0 Å². The van der Waals surface area contributed by atoms with Crippen molar-refractivity contribution in [2.75, 3.05) is 13.6 Å². The second kappa shape index (κ2) is 4.52. The average Bonchev–Trinajstić information content (AvgIpc) is 3.13. The van der Waals surface area contributed by atoms with Crippen LogP contribution in [-0.4, -0.2) is 46.5 Å². The molecule has 1 aliphatic heterocycles. The fourth-order valence-corrected chi connectivity index (χ4v) is 3.51. The average molecular weight is 280 g/mol. The normalized spacial score (nSPS) is 21.9. The molecular formula is C13H16N2O3S.